The van der Waals surface area contributed by atoms with Crippen molar-refractivity contribution in [1.29, 1.82) is 0 Å². The third-order valence-electron chi connectivity index (χ3n) is 14.8. The molecule has 4 heterocycles. The average Bonchev–Trinajstić information content (AvgIpc) is 1.74. The lowest BCUT2D eigenvalue weighted by atomic mass is 9.78. The van der Waals surface area contributed by atoms with Crippen LogP contribution in [0, 0.1) is 5.41 Å². The molecule has 0 amide bonds. The van der Waals surface area contributed by atoms with Gasteiger partial charge in [-0.15, -0.1) is 11.3 Å². The Balaban J connectivity index is 1.03. The average molecular weight is 1030 g/mol. The maximum atomic E-state index is 9.36. The molecule has 0 saturated heterocycles. The number of hydrogen-bond donors (Lipinski definition) is 0. The lowest BCUT2D eigenvalue weighted by Crippen LogP contribution is -2.25. The van der Waals surface area contributed by atoms with E-state index in [1.165, 1.54) is 31.3 Å². The van der Waals surface area contributed by atoms with Gasteiger partial charge in [-0.05, 0) is 122 Å². The number of fused-ring (bicyclic) bond motifs is 8. The van der Waals surface area contributed by atoms with Crippen LogP contribution in [-0.4, -0.2) is 16.2 Å². The van der Waals surface area contributed by atoms with Crippen LogP contribution in [0.25, 0.3) is 70.0 Å². The van der Waals surface area contributed by atoms with Crippen LogP contribution in [0.3, 0.4) is 0 Å². The molecule has 0 radical (unpaired) electrons. The highest BCUT2D eigenvalue weighted by molar-refractivity contribution is 7.26. The van der Waals surface area contributed by atoms with Crippen molar-refractivity contribution in [3.8, 4) is 39.6 Å². The number of anilines is 4. The highest BCUT2D eigenvalue weighted by atomic mass is 32.1. The first kappa shape index (κ1) is 42.4. The van der Waals surface area contributed by atoms with Crippen molar-refractivity contribution in [2.75, 3.05) is 16.5 Å². The number of ether oxygens (including phenoxy) is 1. The number of benzene rings is 8. The summed E-state index contributed by atoms with van der Waals surface area (Å²) >= 11 is 1.78. The number of rotatable bonds is 8. The Hall–Kier alpha value is -7.67. The second kappa shape index (κ2) is 18.5. The first-order valence-electron chi connectivity index (χ1n) is 30.2. The summed E-state index contributed by atoms with van der Waals surface area (Å²) < 4.78 is 75.3. The molecule has 0 N–H and O–H groups in total. The van der Waals surface area contributed by atoms with Gasteiger partial charge in [-0.3, -0.25) is 4.57 Å². The summed E-state index contributed by atoms with van der Waals surface area (Å²) in [4.78, 5) is 9.47. The molecule has 11 aromatic rings. The van der Waals surface area contributed by atoms with Crippen LogP contribution >= 0.6 is 11.3 Å². The zero-order valence-corrected chi connectivity index (χ0v) is 47.1. The van der Waals surface area contributed by atoms with E-state index in [4.69, 9.17) is 13.8 Å². The summed E-state index contributed by atoms with van der Waals surface area (Å²) in [7, 11) is 0. The molecular weight excluding hydrogens is 957 g/mol. The summed E-state index contributed by atoms with van der Waals surface area (Å²) in [6.07, 6.45) is 0.0627. The Kier molecular flexibility index (Phi) is 10.2. The van der Waals surface area contributed by atoms with Crippen molar-refractivity contribution in [2.24, 2.45) is 5.41 Å². The summed E-state index contributed by atoms with van der Waals surface area (Å²) in [6, 6.07) is 48.5. The van der Waals surface area contributed by atoms with Gasteiger partial charge in [0.2, 0.25) is 0 Å². The van der Waals surface area contributed by atoms with Crippen LogP contribution in [0.5, 0.6) is 11.5 Å². The molecule has 386 valence electrons. The van der Waals surface area contributed by atoms with E-state index < -0.39 is 17.8 Å². The van der Waals surface area contributed by atoms with Crippen molar-refractivity contribution < 1.29 is 14.3 Å². The van der Waals surface area contributed by atoms with Gasteiger partial charge < -0.3 is 14.5 Å². The van der Waals surface area contributed by atoms with Gasteiger partial charge in [-0.2, -0.15) is 0 Å². The Bertz CT molecular complexity index is 4430. The molecule has 8 aromatic carbocycles. The van der Waals surface area contributed by atoms with Crippen LogP contribution in [-0.2, 0) is 22.6 Å². The predicted molar refractivity (Wildman–Crippen MR) is 330 cm³/mol. The van der Waals surface area contributed by atoms with E-state index in [-0.39, 0.29) is 46.0 Å². The smallest absolute Gasteiger partial charge is 0.137 e. The molecule has 0 saturated carbocycles. The molecule has 3 aromatic heterocycles. The van der Waals surface area contributed by atoms with Gasteiger partial charge in [-0.25, -0.2) is 4.98 Å². The molecule has 0 atom stereocenters. The normalized spacial score (nSPS) is 14.9. The second-order valence-electron chi connectivity index (χ2n) is 24.8. The predicted octanol–water partition coefficient (Wildman–Crippen LogP) is 20.4. The van der Waals surface area contributed by atoms with Crippen molar-refractivity contribution in [2.45, 2.75) is 106 Å². The minimum Gasteiger partial charge on any atom is -0.457 e. The van der Waals surface area contributed by atoms with E-state index in [1.807, 2.05) is 57.2 Å². The summed E-state index contributed by atoms with van der Waals surface area (Å²) in [5.41, 5.74) is 10.3. The van der Waals surface area contributed by atoms with Crippen molar-refractivity contribution in [3.05, 3.63) is 204 Å². The van der Waals surface area contributed by atoms with Crippen molar-refractivity contribution >= 4 is 76.1 Å². The van der Waals surface area contributed by atoms with E-state index >= 15 is 0 Å². The topological polar surface area (TPSA) is 33.5 Å². The van der Waals surface area contributed by atoms with Gasteiger partial charge in [0.25, 0.3) is 0 Å². The second-order valence-corrected chi connectivity index (χ2v) is 25.8. The highest BCUT2D eigenvalue weighted by Gasteiger charge is 2.33. The quantitative estimate of drug-likeness (QED) is 0.152. The van der Waals surface area contributed by atoms with Crippen LogP contribution in [0.15, 0.2) is 182 Å². The Morgan fingerprint density at radius 3 is 1.91 bits per heavy atom. The molecule has 0 fully saturated rings. The van der Waals surface area contributed by atoms with Gasteiger partial charge in [-0.1, -0.05) is 186 Å². The molecule has 0 aliphatic carbocycles. The van der Waals surface area contributed by atoms with Crippen LogP contribution in [0.2, 0.25) is 0 Å². The van der Waals surface area contributed by atoms with E-state index in [1.54, 1.807) is 23.6 Å². The van der Waals surface area contributed by atoms with Crippen molar-refractivity contribution in [1.82, 2.24) is 9.55 Å². The Morgan fingerprint density at radius 2 is 1.21 bits per heavy atom. The molecule has 0 spiro atoms. The van der Waals surface area contributed by atoms with Gasteiger partial charge in [0.15, 0.2) is 0 Å². The van der Waals surface area contributed by atoms with Crippen LogP contribution < -0.4 is 14.5 Å². The van der Waals surface area contributed by atoms with Gasteiger partial charge in [0, 0.05) is 68.8 Å². The molecule has 1 aliphatic heterocycles. The molecular formula is C71H70N4OS. The van der Waals surface area contributed by atoms with Crippen LogP contribution in [0.4, 0.5) is 22.7 Å². The van der Waals surface area contributed by atoms with E-state index in [9.17, 15) is 5.48 Å². The maximum absolute atomic E-state index is 9.36. The number of nitrogens with zero attached hydrogens (tertiary/aromatic N) is 4. The third kappa shape index (κ3) is 9.35. The Labute approximate surface area is 469 Å². The van der Waals surface area contributed by atoms with Crippen LogP contribution in [0.1, 0.15) is 115 Å². The summed E-state index contributed by atoms with van der Waals surface area (Å²) in [6.45, 7) is 26.0. The lowest BCUT2D eigenvalue weighted by Gasteiger charge is -2.30. The first-order valence-corrected chi connectivity index (χ1v) is 27.5. The lowest BCUT2D eigenvalue weighted by molar-refractivity contribution is 0.411. The molecule has 0 unspecified atom stereocenters. The largest absolute Gasteiger partial charge is 0.457 e. The fourth-order valence-corrected chi connectivity index (χ4v) is 12.2. The number of pyridine rings is 1. The minimum atomic E-state index is -1.65. The fourth-order valence-electron chi connectivity index (χ4n) is 10.9. The SMILES string of the molecule is [2H]c1c([2H])c([2H])c(-c2cccc(-c3cc(C(C)(C)C)cc(C(C)(C)C)c3)c2N2CN(c3cc(Oc4ccc5c6c7sc8ccccc8c7ccc6n(-c6cc(C([2H])([2H])C(C)(C)C)ccn6)c5c4)cc(C(C)(C)C)c3)c3ccccc32)c([2H])c1[2H]. The summed E-state index contributed by atoms with van der Waals surface area (Å²) in [5.74, 6) is 1.86. The van der Waals surface area contributed by atoms with Gasteiger partial charge in [0.05, 0.1) is 34.9 Å². The van der Waals surface area contributed by atoms with E-state index in [0.29, 0.717) is 35.1 Å². The molecule has 12 rings (SSSR count). The molecule has 1 aliphatic rings. The van der Waals surface area contributed by atoms with E-state index in [2.05, 4.69) is 180 Å². The van der Waals surface area contributed by atoms with E-state index in [0.717, 1.165) is 61.2 Å². The minimum absolute atomic E-state index is 0.140. The molecule has 77 heavy (non-hydrogen) atoms. The number of hydrogen-bond acceptors (Lipinski definition) is 5. The molecule has 5 nitrogen and oxygen atoms in total. The third-order valence-corrected chi connectivity index (χ3v) is 16.0. The number of aromatic nitrogens is 2. The van der Waals surface area contributed by atoms with Crippen molar-refractivity contribution in [3.63, 3.8) is 0 Å². The summed E-state index contributed by atoms with van der Waals surface area (Å²) in [5, 5.41) is 4.51. The van der Waals surface area contributed by atoms with Gasteiger partial charge in [0.1, 0.15) is 24.0 Å². The number of para-hydroxylation sites is 3. The first-order chi connectivity index (χ1) is 39.5. The molecule has 0 bridgehead atoms. The number of thiophene rings is 1. The fraction of sp³-hybridized carbons (Fsp3) is 0.254. The monoisotopic (exact) mass is 1030 g/mol. The Morgan fingerprint density at radius 1 is 0.558 bits per heavy atom. The standard InChI is InChI=1S/C71H70N4OS/c1-68(2,3)43-45-33-34-72-64(35-45)75-61-32-31-57-56-23-16-19-28-63(56)77-67(57)65(61)58-30-29-52(42-62(58)75)76-53-40-50(71(10,11)12)39-51(41-53)73-44-74(60-27-18-17-26-59(60)73)66-54(46-21-14-13-15-22-46)24-20-25-55(66)47-36-48(69(4,5)6)38-49(37-47)70(7,8)9/h13-42H,43-44H2,1-12H3/i13D,14D,15D,21D,22D,43D2. The highest BCUT2D eigenvalue weighted by Crippen LogP contribution is 2.52. The molecule has 6 heteroatoms. The van der Waals surface area contributed by atoms with Gasteiger partial charge >= 0.3 is 0 Å². The zero-order valence-electron chi connectivity index (χ0n) is 53.2. The maximum Gasteiger partial charge on any atom is 0.137 e. The zero-order chi connectivity index (χ0) is 59.9.